The maximum atomic E-state index is 13.5. The zero-order valence-corrected chi connectivity index (χ0v) is 22.7. The van der Waals surface area contributed by atoms with E-state index in [1.54, 1.807) is 52.2 Å². The lowest BCUT2D eigenvalue weighted by molar-refractivity contribution is -0.135. The molecule has 0 bridgehead atoms. The van der Waals surface area contributed by atoms with Gasteiger partial charge < -0.3 is 19.3 Å². The number of benzene rings is 2. The van der Waals surface area contributed by atoms with Gasteiger partial charge in [-0.05, 0) is 54.6 Å². The first-order chi connectivity index (χ1) is 18.6. The molecule has 10 nitrogen and oxygen atoms in total. The Labute approximate surface area is 234 Å². The Bertz CT molecular complexity index is 1660. The molecule has 1 aliphatic rings. The standard InChI is InChI=1S/C26H22Cl2N4O6S/c27-19-13-20(28)15-22(14-19)39(36,37)32(16-25(33)34)21-1-2-23-17(11-21)4-6-31(23)24-12-18(3-5-29-24)26(35)30-7-9-38-10-8-30/h1-6,11-15H,7-10,16H2,(H,33,34). The fraction of sp³-hybridized carbons (Fsp3) is 0.192. The number of ether oxygens (including phenoxy) is 1. The number of aromatic nitrogens is 2. The van der Waals surface area contributed by atoms with Crippen molar-refractivity contribution >= 4 is 61.7 Å². The van der Waals surface area contributed by atoms with Gasteiger partial charge >= 0.3 is 5.97 Å². The first-order valence-electron chi connectivity index (χ1n) is 11.8. The first kappa shape index (κ1) is 26.9. The number of nitrogens with zero attached hydrogens (tertiary/aromatic N) is 4. The summed E-state index contributed by atoms with van der Waals surface area (Å²) in [7, 11) is -4.32. The highest BCUT2D eigenvalue weighted by molar-refractivity contribution is 7.92. The lowest BCUT2D eigenvalue weighted by Crippen LogP contribution is -2.40. The van der Waals surface area contributed by atoms with E-state index in [1.165, 1.54) is 24.3 Å². The Kier molecular flexibility index (Phi) is 7.50. The molecule has 1 amide bonds. The van der Waals surface area contributed by atoms with Crippen LogP contribution in [0.3, 0.4) is 0 Å². The number of hydrogen-bond donors (Lipinski definition) is 1. The second kappa shape index (κ2) is 10.9. The normalized spacial score (nSPS) is 13.9. The predicted octanol–water partition coefficient (Wildman–Crippen LogP) is 4.08. The number of anilines is 1. The van der Waals surface area contributed by atoms with Crippen molar-refractivity contribution in [3.63, 3.8) is 0 Å². The van der Waals surface area contributed by atoms with E-state index in [4.69, 9.17) is 27.9 Å². The number of morpholine rings is 1. The second-order valence-corrected chi connectivity index (χ2v) is 11.5. The summed E-state index contributed by atoms with van der Waals surface area (Å²) in [6, 6.07) is 13.6. The van der Waals surface area contributed by atoms with Gasteiger partial charge in [-0.25, -0.2) is 13.4 Å². The molecule has 5 rings (SSSR count). The van der Waals surface area contributed by atoms with E-state index >= 15 is 0 Å². The van der Waals surface area contributed by atoms with E-state index in [0.717, 1.165) is 4.31 Å². The number of pyridine rings is 1. The smallest absolute Gasteiger partial charge is 0.324 e. The Morgan fingerprint density at radius 2 is 1.72 bits per heavy atom. The van der Waals surface area contributed by atoms with Crippen LogP contribution in [0.5, 0.6) is 0 Å². The topological polar surface area (TPSA) is 122 Å². The van der Waals surface area contributed by atoms with Crippen molar-refractivity contribution in [3.8, 4) is 5.82 Å². The van der Waals surface area contributed by atoms with Crippen LogP contribution < -0.4 is 4.31 Å². The number of carbonyl (C=O) groups is 2. The molecule has 0 aliphatic carbocycles. The first-order valence-corrected chi connectivity index (χ1v) is 14.0. The van der Waals surface area contributed by atoms with Gasteiger partial charge in [-0.3, -0.25) is 13.9 Å². The van der Waals surface area contributed by atoms with E-state index < -0.39 is 22.5 Å². The van der Waals surface area contributed by atoms with Crippen molar-refractivity contribution in [2.75, 3.05) is 37.2 Å². The molecular weight excluding hydrogens is 567 g/mol. The fourth-order valence-corrected chi connectivity index (χ4v) is 6.49. The van der Waals surface area contributed by atoms with Gasteiger partial charge in [0.15, 0.2) is 0 Å². The average Bonchev–Trinajstić information content (AvgIpc) is 3.34. The zero-order chi connectivity index (χ0) is 27.7. The molecule has 1 N–H and O–H groups in total. The highest BCUT2D eigenvalue weighted by atomic mass is 35.5. The van der Waals surface area contributed by atoms with Crippen molar-refractivity contribution in [2.45, 2.75) is 4.90 Å². The Balaban J connectivity index is 1.51. The highest BCUT2D eigenvalue weighted by Crippen LogP contribution is 2.31. The number of sulfonamides is 1. The van der Waals surface area contributed by atoms with Crippen molar-refractivity contribution in [2.24, 2.45) is 0 Å². The number of halogens is 2. The second-order valence-electron chi connectivity index (χ2n) is 8.75. The van der Waals surface area contributed by atoms with Crippen LogP contribution in [0, 0.1) is 0 Å². The predicted molar refractivity (Wildman–Crippen MR) is 146 cm³/mol. The van der Waals surface area contributed by atoms with Crippen LogP contribution in [0.2, 0.25) is 10.0 Å². The molecule has 39 heavy (non-hydrogen) atoms. The van der Waals surface area contributed by atoms with Gasteiger partial charge in [0.25, 0.3) is 15.9 Å². The van der Waals surface area contributed by atoms with Crippen molar-refractivity contribution in [1.82, 2.24) is 14.5 Å². The van der Waals surface area contributed by atoms with Gasteiger partial charge in [-0.2, -0.15) is 0 Å². The number of amides is 1. The zero-order valence-electron chi connectivity index (χ0n) is 20.3. The molecule has 0 atom stereocenters. The van der Waals surface area contributed by atoms with E-state index in [1.807, 2.05) is 0 Å². The van der Waals surface area contributed by atoms with Crippen LogP contribution in [-0.2, 0) is 19.6 Å². The molecule has 1 fully saturated rings. The van der Waals surface area contributed by atoms with E-state index in [9.17, 15) is 23.1 Å². The summed E-state index contributed by atoms with van der Waals surface area (Å²) in [4.78, 5) is 30.5. The van der Waals surface area contributed by atoms with Crippen LogP contribution in [-0.4, -0.2) is 72.7 Å². The third-order valence-corrected chi connectivity index (χ3v) is 8.39. The number of hydrogen-bond acceptors (Lipinski definition) is 6. The van der Waals surface area contributed by atoms with Gasteiger partial charge in [-0.15, -0.1) is 0 Å². The summed E-state index contributed by atoms with van der Waals surface area (Å²) in [6.45, 7) is 1.21. The Hall–Kier alpha value is -3.64. The quantitative estimate of drug-likeness (QED) is 0.345. The number of aliphatic carboxylic acids is 1. The summed E-state index contributed by atoms with van der Waals surface area (Å²) in [5.41, 5.74) is 1.31. The third-order valence-electron chi connectivity index (χ3n) is 6.20. The van der Waals surface area contributed by atoms with Gasteiger partial charge in [0.1, 0.15) is 12.4 Å². The molecule has 13 heteroatoms. The molecule has 0 unspecified atom stereocenters. The van der Waals surface area contributed by atoms with Crippen molar-refractivity contribution in [3.05, 3.63) is 82.6 Å². The molecule has 0 radical (unpaired) electrons. The summed E-state index contributed by atoms with van der Waals surface area (Å²) < 4.78 is 34.8. The maximum Gasteiger partial charge on any atom is 0.324 e. The monoisotopic (exact) mass is 588 g/mol. The minimum atomic E-state index is -4.32. The van der Waals surface area contributed by atoms with Crippen LogP contribution in [0.25, 0.3) is 16.7 Å². The van der Waals surface area contributed by atoms with Gasteiger partial charge in [0.05, 0.1) is 29.3 Å². The lowest BCUT2D eigenvalue weighted by Gasteiger charge is -2.26. The number of fused-ring (bicyclic) bond motifs is 1. The van der Waals surface area contributed by atoms with E-state index in [0.29, 0.717) is 48.6 Å². The van der Waals surface area contributed by atoms with Gasteiger partial charge in [-0.1, -0.05) is 23.2 Å². The summed E-state index contributed by atoms with van der Waals surface area (Å²) in [6.07, 6.45) is 3.30. The minimum Gasteiger partial charge on any atom is -0.480 e. The average molecular weight is 589 g/mol. The molecule has 1 saturated heterocycles. The number of rotatable bonds is 7. The van der Waals surface area contributed by atoms with Crippen LogP contribution >= 0.6 is 23.2 Å². The fourth-order valence-electron chi connectivity index (χ4n) is 4.36. The molecular formula is C26H22Cl2N4O6S. The third kappa shape index (κ3) is 5.57. The Morgan fingerprint density at radius 1 is 1.00 bits per heavy atom. The lowest BCUT2D eigenvalue weighted by atomic mass is 10.2. The molecule has 2 aromatic carbocycles. The summed E-state index contributed by atoms with van der Waals surface area (Å²) >= 11 is 12.0. The van der Waals surface area contributed by atoms with Crippen LogP contribution in [0.4, 0.5) is 5.69 Å². The van der Waals surface area contributed by atoms with Crippen LogP contribution in [0.15, 0.2) is 71.9 Å². The molecule has 1 aliphatic heterocycles. The molecule has 202 valence electrons. The van der Waals surface area contributed by atoms with Crippen molar-refractivity contribution in [1.29, 1.82) is 0 Å². The molecule has 0 spiro atoms. The summed E-state index contributed by atoms with van der Waals surface area (Å²) in [5.74, 6) is -0.952. The molecule has 0 saturated carbocycles. The van der Waals surface area contributed by atoms with Crippen LogP contribution in [0.1, 0.15) is 10.4 Å². The van der Waals surface area contributed by atoms with Gasteiger partial charge in [0, 0.05) is 46.5 Å². The highest BCUT2D eigenvalue weighted by Gasteiger charge is 2.28. The van der Waals surface area contributed by atoms with Crippen molar-refractivity contribution < 1.29 is 27.9 Å². The maximum absolute atomic E-state index is 13.5. The van der Waals surface area contributed by atoms with E-state index in [2.05, 4.69) is 4.98 Å². The molecule has 3 heterocycles. The largest absolute Gasteiger partial charge is 0.480 e. The number of carboxylic acids is 1. The SMILES string of the molecule is O=C(O)CN(c1ccc2c(ccn2-c2cc(C(=O)N3CCOCC3)ccn2)c1)S(=O)(=O)c1cc(Cl)cc(Cl)c1. The Morgan fingerprint density at radius 3 is 2.41 bits per heavy atom. The minimum absolute atomic E-state index is 0.103. The molecule has 4 aromatic rings. The van der Waals surface area contributed by atoms with Gasteiger partial charge in [0.2, 0.25) is 0 Å². The number of carboxylic acid groups (broad SMARTS) is 1. The molecule has 2 aromatic heterocycles. The summed E-state index contributed by atoms with van der Waals surface area (Å²) in [5, 5.41) is 10.3. The van der Waals surface area contributed by atoms with E-state index in [-0.39, 0.29) is 26.5 Å². The number of carbonyl (C=O) groups excluding carboxylic acids is 1.